The molecule has 0 saturated carbocycles. The molecule has 0 spiro atoms. The fourth-order valence-corrected chi connectivity index (χ4v) is 3.41. The van der Waals surface area contributed by atoms with Crippen molar-refractivity contribution in [1.82, 2.24) is 4.57 Å². The fraction of sp³-hybridized carbons (Fsp3) is 0.120. The molecule has 2 nitrogen and oxygen atoms in total. The van der Waals surface area contributed by atoms with Crippen LogP contribution in [0.25, 0.3) is 28.1 Å². The predicted molar refractivity (Wildman–Crippen MR) is 113 cm³/mol. The Kier molecular flexibility index (Phi) is 4.80. The van der Waals surface area contributed by atoms with Crippen molar-refractivity contribution >= 4 is 0 Å². The number of hydrogen-bond donors (Lipinski definition) is 0. The molecule has 0 fully saturated rings. The number of aryl methyl sites for hydroxylation is 1. The number of ether oxygens (including phenoxy) is 1. The molecule has 0 bridgehead atoms. The van der Waals surface area contributed by atoms with Gasteiger partial charge >= 0.3 is 0 Å². The van der Waals surface area contributed by atoms with Crippen LogP contribution in [0.2, 0.25) is 0 Å². The number of hydrogen-bond acceptors (Lipinski definition) is 1. The van der Waals surface area contributed by atoms with E-state index < -0.39 is 0 Å². The molecule has 0 N–H and O–H groups in total. The van der Waals surface area contributed by atoms with Crippen LogP contribution in [-0.2, 0) is 0 Å². The Balaban J connectivity index is 2.03. The minimum absolute atomic E-state index is 0.623. The standard InChI is InChI=1S/C25H23NO/c1-3-27-24-18-23(20-10-6-4-7-11-20)25(21-16-14-19(2)15-17-21)26(24)22-12-8-5-9-13-22/h4-18H,3H2,1-2H3. The van der Waals surface area contributed by atoms with Crippen LogP contribution in [0.5, 0.6) is 5.88 Å². The third kappa shape index (κ3) is 3.39. The predicted octanol–water partition coefficient (Wildman–Crippen LogP) is 6.52. The lowest BCUT2D eigenvalue weighted by Crippen LogP contribution is -2.02. The van der Waals surface area contributed by atoms with Crippen LogP contribution in [0.4, 0.5) is 0 Å². The van der Waals surface area contributed by atoms with E-state index in [0.717, 1.165) is 17.3 Å². The van der Waals surface area contributed by atoms with Gasteiger partial charge in [0, 0.05) is 17.3 Å². The van der Waals surface area contributed by atoms with Crippen molar-refractivity contribution in [3.63, 3.8) is 0 Å². The lowest BCUT2D eigenvalue weighted by molar-refractivity contribution is 0.321. The van der Waals surface area contributed by atoms with E-state index >= 15 is 0 Å². The van der Waals surface area contributed by atoms with Crippen molar-refractivity contribution in [2.75, 3.05) is 6.61 Å². The summed E-state index contributed by atoms with van der Waals surface area (Å²) in [5.74, 6) is 0.859. The Morgan fingerprint density at radius 1 is 0.741 bits per heavy atom. The van der Waals surface area contributed by atoms with Crippen LogP contribution in [-0.4, -0.2) is 11.2 Å². The van der Waals surface area contributed by atoms with Crippen LogP contribution in [0, 0.1) is 6.92 Å². The number of rotatable bonds is 5. The minimum atomic E-state index is 0.623. The molecule has 2 heteroatoms. The largest absolute Gasteiger partial charge is 0.479 e. The maximum atomic E-state index is 6.04. The summed E-state index contributed by atoms with van der Waals surface area (Å²) in [6.07, 6.45) is 0. The molecule has 0 amide bonds. The molecular formula is C25H23NO. The summed E-state index contributed by atoms with van der Waals surface area (Å²) in [5.41, 5.74) is 7.03. The molecule has 0 aliphatic rings. The third-order valence-electron chi connectivity index (χ3n) is 4.68. The van der Waals surface area contributed by atoms with Crippen molar-refractivity contribution in [2.24, 2.45) is 0 Å². The van der Waals surface area contributed by atoms with Crippen LogP contribution in [0.15, 0.2) is 91.0 Å². The molecule has 134 valence electrons. The number of nitrogens with zero attached hydrogens (tertiary/aromatic N) is 1. The molecule has 27 heavy (non-hydrogen) atoms. The van der Waals surface area contributed by atoms with E-state index in [1.807, 2.05) is 19.1 Å². The minimum Gasteiger partial charge on any atom is -0.479 e. The van der Waals surface area contributed by atoms with E-state index in [2.05, 4.69) is 90.4 Å². The smallest absolute Gasteiger partial charge is 0.199 e. The first-order chi connectivity index (χ1) is 13.3. The monoisotopic (exact) mass is 353 g/mol. The SMILES string of the molecule is CCOc1cc(-c2ccccc2)c(-c2ccc(C)cc2)n1-c1ccccc1. The summed E-state index contributed by atoms with van der Waals surface area (Å²) >= 11 is 0. The lowest BCUT2D eigenvalue weighted by atomic mass is 10.0. The second-order valence-corrected chi connectivity index (χ2v) is 6.58. The van der Waals surface area contributed by atoms with Gasteiger partial charge in [-0.1, -0.05) is 78.4 Å². The zero-order chi connectivity index (χ0) is 18.6. The molecule has 4 rings (SSSR count). The summed E-state index contributed by atoms with van der Waals surface area (Å²) in [7, 11) is 0. The maximum Gasteiger partial charge on any atom is 0.199 e. The molecular weight excluding hydrogens is 330 g/mol. The Labute approximate surface area is 160 Å². The fourth-order valence-electron chi connectivity index (χ4n) is 3.41. The van der Waals surface area contributed by atoms with Gasteiger partial charge < -0.3 is 4.74 Å². The topological polar surface area (TPSA) is 14.2 Å². The Morgan fingerprint density at radius 3 is 2.00 bits per heavy atom. The quantitative estimate of drug-likeness (QED) is 0.398. The molecule has 0 saturated heterocycles. The molecule has 0 aliphatic heterocycles. The van der Waals surface area contributed by atoms with Gasteiger partial charge in [0.05, 0.1) is 12.3 Å². The van der Waals surface area contributed by atoms with Crippen molar-refractivity contribution < 1.29 is 4.74 Å². The normalized spacial score (nSPS) is 10.7. The molecule has 0 unspecified atom stereocenters. The molecule has 0 radical (unpaired) electrons. The zero-order valence-electron chi connectivity index (χ0n) is 15.7. The molecule has 4 aromatic rings. The lowest BCUT2D eigenvalue weighted by Gasteiger charge is -2.15. The van der Waals surface area contributed by atoms with Gasteiger partial charge in [-0.2, -0.15) is 0 Å². The highest BCUT2D eigenvalue weighted by molar-refractivity contribution is 5.85. The first-order valence-corrected chi connectivity index (χ1v) is 9.34. The van der Waals surface area contributed by atoms with E-state index in [-0.39, 0.29) is 0 Å². The first-order valence-electron chi connectivity index (χ1n) is 9.34. The summed E-state index contributed by atoms with van der Waals surface area (Å²) in [6, 6.07) is 31.8. The Morgan fingerprint density at radius 2 is 1.37 bits per heavy atom. The van der Waals surface area contributed by atoms with Crippen molar-refractivity contribution in [3.05, 3.63) is 96.6 Å². The van der Waals surface area contributed by atoms with Gasteiger partial charge in [0.1, 0.15) is 0 Å². The van der Waals surface area contributed by atoms with Crippen molar-refractivity contribution in [3.8, 4) is 34.0 Å². The molecule has 0 atom stereocenters. The third-order valence-corrected chi connectivity index (χ3v) is 4.68. The second kappa shape index (κ2) is 7.55. The first kappa shape index (κ1) is 17.2. The average Bonchev–Trinajstić information content (AvgIpc) is 3.09. The maximum absolute atomic E-state index is 6.04. The molecule has 0 aliphatic carbocycles. The van der Waals surface area contributed by atoms with Crippen LogP contribution in [0.1, 0.15) is 12.5 Å². The van der Waals surface area contributed by atoms with Crippen molar-refractivity contribution in [1.29, 1.82) is 0 Å². The highest BCUT2D eigenvalue weighted by atomic mass is 16.5. The van der Waals surface area contributed by atoms with Crippen LogP contribution in [0.3, 0.4) is 0 Å². The van der Waals surface area contributed by atoms with Gasteiger partial charge in [-0.3, -0.25) is 4.57 Å². The molecule has 3 aromatic carbocycles. The van der Waals surface area contributed by atoms with Crippen LogP contribution >= 0.6 is 0 Å². The molecule has 1 heterocycles. The van der Waals surface area contributed by atoms with Crippen molar-refractivity contribution in [2.45, 2.75) is 13.8 Å². The summed E-state index contributed by atoms with van der Waals surface area (Å²) < 4.78 is 8.26. The summed E-state index contributed by atoms with van der Waals surface area (Å²) in [5, 5.41) is 0. The summed E-state index contributed by atoms with van der Waals surface area (Å²) in [4.78, 5) is 0. The van der Waals surface area contributed by atoms with E-state index in [0.29, 0.717) is 6.61 Å². The van der Waals surface area contributed by atoms with Crippen LogP contribution < -0.4 is 4.74 Å². The average molecular weight is 353 g/mol. The van der Waals surface area contributed by atoms with E-state index in [1.54, 1.807) is 0 Å². The second-order valence-electron chi connectivity index (χ2n) is 6.58. The van der Waals surface area contributed by atoms with E-state index in [9.17, 15) is 0 Å². The number of benzene rings is 3. The van der Waals surface area contributed by atoms with Gasteiger partial charge in [-0.25, -0.2) is 0 Å². The Bertz CT molecular complexity index is 1020. The molecule has 1 aromatic heterocycles. The highest BCUT2D eigenvalue weighted by Gasteiger charge is 2.20. The van der Waals surface area contributed by atoms with E-state index in [1.165, 1.54) is 22.3 Å². The van der Waals surface area contributed by atoms with Gasteiger partial charge in [0.15, 0.2) is 5.88 Å². The summed E-state index contributed by atoms with van der Waals surface area (Å²) in [6.45, 7) is 4.76. The van der Waals surface area contributed by atoms with E-state index in [4.69, 9.17) is 4.74 Å². The van der Waals surface area contributed by atoms with Gasteiger partial charge in [0.25, 0.3) is 0 Å². The van der Waals surface area contributed by atoms with Gasteiger partial charge in [-0.05, 0) is 37.1 Å². The highest BCUT2D eigenvalue weighted by Crippen LogP contribution is 2.40. The number of aromatic nitrogens is 1. The Hall–Kier alpha value is -3.26. The van der Waals surface area contributed by atoms with Gasteiger partial charge in [0.2, 0.25) is 0 Å². The zero-order valence-corrected chi connectivity index (χ0v) is 15.7. The number of para-hydroxylation sites is 1. The van der Waals surface area contributed by atoms with Gasteiger partial charge in [-0.15, -0.1) is 0 Å².